The lowest BCUT2D eigenvalue weighted by atomic mass is 10.3. The van der Waals surface area contributed by atoms with E-state index in [9.17, 15) is 0 Å². The van der Waals surface area contributed by atoms with Gasteiger partial charge in [0, 0.05) is 0 Å². The Balaban J connectivity index is 5.37. The molecule has 2 nitrogen and oxygen atoms in total. The first-order chi connectivity index (χ1) is 11.2. The van der Waals surface area contributed by atoms with Crippen LogP contribution in [0.2, 0.25) is 6.04 Å². The Labute approximate surface area is 148 Å². The minimum Gasteiger partial charge on any atom is -0.308 e. The van der Waals surface area contributed by atoms with Gasteiger partial charge in [-0.3, -0.25) is 0 Å². The predicted octanol–water partition coefficient (Wildman–Crippen LogP) is 5.98. The van der Waals surface area contributed by atoms with Crippen LogP contribution in [-0.2, 0) is 0 Å². The van der Waals surface area contributed by atoms with Gasteiger partial charge in [0.1, 0.15) is 0 Å². The Morgan fingerprint density at radius 1 is 0.652 bits per heavy atom. The van der Waals surface area contributed by atoms with E-state index in [1.54, 1.807) is 0 Å². The molecule has 0 spiro atoms. The average molecular weight is 341 g/mol. The summed E-state index contributed by atoms with van der Waals surface area (Å²) in [5, 5.41) is 0. The maximum Gasteiger partial charge on any atom is 0.231 e. The Hall–Kier alpha value is -0.123. The lowest BCUT2D eigenvalue weighted by Crippen LogP contribution is -2.65. The largest absolute Gasteiger partial charge is 0.308 e. The summed E-state index contributed by atoms with van der Waals surface area (Å²) >= 11 is 0. The summed E-state index contributed by atoms with van der Waals surface area (Å²) in [5.74, 6) is 0. The van der Waals surface area contributed by atoms with Crippen molar-refractivity contribution in [1.82, 2.24) is 9.13 Å². The fourth-order valence-corrected chi connectivity index (χ4v) is 7.72. The van der Waals surface area contributed by atoms with Crippen molar-refractivity contribution in [3.8, 4) is 0 Å². The van der Waals surface area contributed by atoms with Crippen molar-refractivity contribution >= 4 is 8.40 Å². The zero-order valence-corrected chi connectivity index (χ0v) is 17.9. The van der Waals surface area contributed by atoms with Crippen LogP contribution in [0.5, 0.6) is 0 Å². The topological polar surface area (TPSA) is 6.48 Å². The highest BCUT2D eigenvalue weighted by Gasteiger charge is 2.40. The van der Waals surface area contributed by atoms with E-state index in [1.807, 2.05) is 0 Å². The Bertz CT molecular complexity index is 245. The van der Waals surface area contributed by atoms with Crippen LogP contribution in [0.1, 0.15) is 86.0 Å². The molecule has 0 aliphatic heterocycles. The summed E-state index contributed by atoms with van der Waals surface area (Å²) in [6.07, 6.45) is 10.4. The van der Waals surface area contributed by atoms with E-state index in [0.29, 0.717) is 0 Å². The van der Waals surface area contributed by atoms with Crippen LogP contribution in [-0.4, -0.2) is 43.7 Å². The molecule has 0 aliphatic carbocycles. The van der Waals surface area contributed by atoms with Gasteiger partial charge in [-0.05, 0) is 57.9 Å². The molecule has 0 bridgehead atoms. The van der Waals surface area contributed by atoms with Crippen molar-refractivity contribution in [3.05, 3.63) is 12.3 Å². The first-order valence-electron chi connectivity index (χ1n) is 10.3. The molecule has 0 fully saturated rings. The van der Waals surface area contributed by atoms with E-state index in [1.165, 1.54) is 83.6 Å². The minimum absolute atomic E-state index is 1.26. The Morgan fingerprint density at radius 3 is 1.13 bits per heavy atom. The molecule has 0 aromatic rings. The van der Waals surface area contributed by atoms with E-state index in [4.69, 9.17) is 0 Å². The van der Waals surface area contributed by atoms with Crippen LogP contribution in [0.4, 0.5) is 0 Å². The summed E-state index contributed by atoms with van der Waals surface area (Å²) in [6.45, 7) is 21.1. The average Bonchev–Trinajstić information content (AvgIpc) is 2.58. The molecule has 0 radical (unpaired) electrons. The fourth-order valence-electron chi connectivity index (χ4n) is 3.44. The molecule has 0 saturated heterocycles. The van der Waals surface area contributed by atoms with E-state index in [0.717, 1.165) is 0 Å². The second-order valence-corrected chi connectivity index (χ2v) is 11.0. The van der Waals surface area contributed by atoms with Crippen LogP contribution >= 0.6 is 0 Å². The van der Waals surface area contributed by atoms with Crippen molar-refractivity contribution in [3.63, 3.8) is 0 Å². The number of hydrogen-bond donors (Lipinski definition) is 0. The third-order valence-corrected chi connectivity index (χ3v) is 9.85. The summed E-state index contributed by atoms with van der Waals surface area (Å²) in [4.78, 5) is 0. The maximum atomic E-state index is 4.36. The van der Waals surface area contributed by atoms with Crippen molar-refractivity contribution < 1.29 is 0 Å². The molecule has 0 rings (SSSR count). The van der Waals surface area contributed by atoms with E-state index in [2.05, 4.69) is 56.0 Å². The molecule has 0 aromatic carbocycles. The minimum atomic E-state index is -1.72. The van der Waals surface area contributed by atoms with E-state index < -0.39 is 8.40 Å². The third kappa shape index (κ3) is 7.53. The fraction of sp³-hybridized carbons (Fsp3) is 0.900. The third-order valence-electron chi connectivity index (χ3n) is 5.07. The zero-order valence-electron chi connectivity index (χ0n) is 16.9. The number of hydrogen-bond acceptors (Lipinski definition) is 2. The van der Waals surface area contributed by atoms with Crippen molar-refractivity contribution in [1.29, 1.82) is 0 Å². The molecule has 3 heteroatoms. The summed E-state index contributed by atoms with van der Waals surface area (Å²) in [6, 6.07) is 1.28. The molecule has 0 N–H and O–H groups in total. The van der Waals surface area contributed by atoms with Crippen LogP contribution < -0.4 is 0 Å². The monoisotopic (exact) mass is 340 g/mol. The second-order valence-electron chi connectivity index (χ2n) is 6.82. The molecule has 0 heterocycles. The predicted molar refractivity (Wildman–Crippen MR) is 109 cm³/mol. The molecule has 0 aliphatic rings. The van der Waals surface area contributed by atoms with E-state index in [-0.39, 0.29) is 0 Å². The Kier molecular flexibility index (Phi) is 14.2. The van der Waals surface area contributed by atoms with Crippen molar-refractivity contribution in [2.24, 2.45) is 0 Å². The highest BCUT2D eigenvalue weighted by molar-refractivity contribution is 6.79. The molecule has 0 atom stereocenters. The molecule has 0 saturated carbocycles. The molecule has 0 unspecified atom stereocenters. The smallest absolute Gasteiger partial charge is 0.231 e. The quantitative estimate of drug-likeness (QED) is 0.319. The maximum absolute atomic E-state index is 4.36. The number of rotatable bonds is 16. The zero-order chi connectivity index (χ0) is 17.6. The van der Waals surface area contributed by atoms with Gasteiger partial charge >= 0.3 is 0 Å². The number of unbranched alkanes of at least 4 members (excludes halogenated alkanes) is 4. The second kappa shape index (κ2) is 14.2. The van der Waals surface area contributed by atoms with Gasteiger partial charge in [-0.2, -0.15) is 0 Å². The van der Waals surface area contributed by atoms with Crippen LogP contribution in [0.3, 0.4) is 0 Å². The van der Waals surface area contributed by atoms with Gasteiger partial charge in [0.15, 0.2) is 0 Å². The lowest BCUT2D eigenvalue weighted by molar-refractivity contribution is 0.310. The Morgan fingerprint density at radius 2 is 0.957 bits per heavy atom. The van der Waals surface area contributed by atoms with Gasteiger partial charge in [0.25, 0.3) is 0 Å². The van der Waals surface area contributed by atoms with Gasteiger partial charge in [-0.1, -0.05) is 66.0 Å². The SMILES string of the molecule is C=C[Si](CC)(N(CCCC)CCCC)N(CCCC)CCCC. The van der Waals surface area contributed by atoms with Gasteiger partial charge in [-0.25, -0.2) is 0 Å². The number of nitrogens with zero attached hydrogens (tertiary/aromatic N) is 2. The van der Waals surface area contributed by atoms with Gasteiger partial charge < -0.3 is 9.13 Å². The summed E-state index contributed by atoms with van der Waals surface area (Å²) < 4.78 is 5.75. The first-order valence-corrected chi connectivity index (χ1v) is 12.5. The lowest BCUT2D eigenvalue weighted by Gasteiger charge is -2.47. The van der Waals surface area contributed by atoms with Crippen molar-refractivity contribution in [2.75, 3.05) is 26.2 Å². The molecule has 138 valence electrons. The summed E-state index contributed by atoms with van der Waals surface area (Å²) in [7, 11) is -1.72. The first kappa shape index (κ1) is 22.9. The molecule has 0 aromatic heterocycles. The van der Waals surface area contributed by atoms with Crippen LogP contribution in [0, 0.1) is 0 Å². The van der Waals surface area contributed by atoms with Crippen LogP contribution in [0.25, 0.3) is 0 Å². The highest BCUT2D eigenvalue weighted by atomic mass is 28.3. The van der Waals surface area contributed by atoms with Crippen LogP contribution in [0.15, 0.2) is 12.3 Å². The summed E-state index contributed by atoms with van der Waals surface area (Å²) in [5.41, 5.74) is 2.39. The molecular formula is C20H44N2Si. The highest BCUT2D eigenvalue weighted by Crippen LogP contribution is 2.24. The standard InChI is InChI=1S/C20H44N2Si/c1-7-13-17-21(18-14-8-2)23(11-5,12-6)22(19-15-9-3)20-16-10-4/h11H,5,7-10,12-20H2,1-4,6H3. The van der Waals surface area contributed by atoms with Crippen molar-refractivity contribution in [2.45, 2.75) is 92.0 Å². The molecular weight excluding hydrogens is 296 g/mol. The normalized spacial score (nSPS) is 12.3. The van der Waals surface area contributed by atoms with E-state index >= 15 is 0 Å². The van der Waals surface area contributed by atoms with Gasteiger partial charge in [0.05, 0.1) is 0 Å². The molecule has 23 heavy (non-hydrogen) atoms. The van der Waals surface area contributed by atoms with Gasteiger partial charge in [-0.15, -0.1) is 6.58 Å². The molecule has 0 amide bonds. The van der Waals surface area contributed by atoms with Gasteiger partial charge in [0.2, 0.25) is 8.40 Å².